The summed E-state index contributed by atoms with van der Waals surface area (Å²) in [6.07, 6.45) is 7.46. The summed E-state index contributed by atoms with van der Waals surface area (Å²) in [7, 11) is 0. The van der Waals surface area contributed by atoms with E-state index in [1.165, 1.54) is 39.8 Å². The van der Waals surface area contributed by atoms with Gasteiger partial charge in [0.05, 0.1) is 12.0 Å². The summed E-state index contributed by atoms with van der Waals surface area (Å²) >= 11 is 1.67. The summed E-state index contributed by atoms with van der Waals surface area (Å²) in [6.45, 7) is 14.1. The Labute approximate surface area is 194 Å². The molecule has 0 fully saturated rings. The number of hydrogen-bond donors (Lipinski definition) is 1. The van der Waals surface area contributed by atoms with Gasteiger partial charge in [-0.2, -0.15) is 5.26 Å². The first-order valence-electron chi connectivity index (χ1n) is 10.5. The van der Waals surface area contributed by atoms with Gasteiger partial charge in [-0.3, -0.25) is 0 Å². The van der Waals surface area contributed by atoms with Gasteiger partial charge in [-0.05, 0) is 98.2 Å². The van der Waals surface area contributed by atoms with Crippen LogP contribution >= 0.6 is 11.8 Å². The molecule has 0 spiro atoms. The van der Waals surface area contributed by atoms with Crippen LogP contribution < -0.4 is 5.73 Å². The summed E-state index contributed by atoms with van der Waals surface area (Å²) < 4.78 is 0. The summed E-state index contributed by atoms with van der Waals surface area (Å²) in [5, 5.41) is 9.27. The SMILES string of the molecule is C.C=C(C)Cc1cc(C)c(N)cc1C.C=C(SC)c1ccc2c(c1)C(C#N)CCCC2. The summed E-state index contributed by atoms with van der Waals surface area (Å²) in [5.74, 6) is 0.0714. The Morgan fingerprint density at radius 3 is 2.48 bits per heavy atom. The molecule has 3 heteroatoms. The Bertz CT molecular complexity index is 966. The standard InChI is InChI=1S/C15H17NS.C12H17N.CH4/c1-11(17-2)13-8-7-12-5-3-4-6-14(10-16)15(12)9-13;1-8(2)5-11-6-10(4)12(13)7-9(11)3;/h7-9,14H,1,3-6H2,2H3;6-7H,1,5,13H2,2-4H3;1H4. The highest BCUT2D eigenvalue weighted by molar-refractivity contribution is 8.07. The van der Waals surface area contributed by atoms with Gasteiger partial charge in [0.15, 0.2) is 0 Å². The molecule has 2 N–H and O–H groups in total. The number of benzene rings is 2. The van der Waals surface area contributed by atoms with Gasteiger partial charge < -0.3 is 5.73 Å². The molecule has 31 heavy (non-hydrogen) atoms. The molecule has 3 rings (SSSR count). The minimum Gasteiger partial charge on any atom is -0.399 e. The average molecular weight is 435 g/mol. The average Bonchev–Trinajstić information content (AvgIpc) is 2.93. The third kappa shape index (κ3) is 7.33. The first-order chi connectivity index (χ1) is 14.3. The molecule has 0 radical (unpaired) electrons. The van der Waals surface area contributed by atoms with Crippen molar-refractivity contribution in [2.75, 3.05) is 12.0 Å². The number of fused-ring (bicyclic) bond motifs is 1. The fourth-order valence-corrected chi connectivity index (χ4v) is 4.17. The van der Waals surface area contributed by atoms with E-state index in [1.54, 1.807) is 11.8 Å². The van der Waals surface area contributed by atoms with Crippen LogP contribution in [0.15, 0.2) is 49.1 Å². The molecule has 0 heterocycles. The highest BCUT2D eigenvalue weighted by atomic mass is 32.2. The van der Waals surface area contributed by atoms with Gasteiger partial charge in [-0.25, -0.2) is 0 Å². The van der Waals surface area contributed by atoms with Gasteiger partial charge in [0.1, 0.15) is 0 Å². The van der Waals surface area contributed by atoms with Crippen LogP contribution in [0.5, 0.6) is 0 Å². The number of hydrogen-bond acceptors (Lipinski definition) is 3. The molecule has 0 aromatic heterocycles. The number of nitrogens with two attached hydrogens (primary N) is 1. The summed E-state index contributed by atoms with van der Waals surface area (Å²) in [5.41, 5.74) is 15.4. The van der Waals surface area contributed by atoms with Crippen molar-refractivity contribution >= 4 is 22.4 Å². The van der Waals surface area contributed by atoms with Crippen LogP contribution in [0.3, 0.4) is 0 Å². The van der Waals surface area contributed by atoms with Crippen LogP contribution in [0.2, 0.25) is 0 Å². The largest absolute Gasteiger partial charge is 0.399 e. The Morgan fingerprint density at radius 1 is 1.16 bits per heavy atom. The molecular weight excluding hydrogens is 396 g/mol. The molecule has 2 nitrogen and oxygen atoms in total. The van der Waals surface area contributed by atoms with Crippen LogP contribution in [0, 0.1) is 25.2 Å². The maximum Gasteiger partial charge on any atom is 0.0715 e. The zero-order valence-electron chi connectivity index (χ0n) is 18.8. The molecule has 0 saturated carbocycles. The monoisotopic (exact) mass is 434 g/mol. The lowest BCUT2D eigenvalue weighted by atomic mass is 9.92. The first kappa shape index (κ1) is 26.6. The number of anilines is 1. The van der Waals surface area contributed by atoms with Gasteiger partial charge in [0.25, 0.3) is 0 Å². The molecule has 1 unspecified atom stereocenters. The molecule has 0 amide bonds. The molecular formula is C28H38N2S. The van der Waals surface area contributed by atoms with E-state index in [1.807, 2.05) is 26.2 Å². The second-order valence-electron chi connectivity index (χ2n) is 8.24. The number of rotatable bonds is 4. The van der Waals surface area contributed by atoms with Crippen LogP contribution in [0.1, 0.15) is 72.9 Å². The van der Waals surface area contributed by atoms with E-state index in [2.05, 4.69) is 50.4 Å². The third-order valence-corrected chi connectivity index (χ3v) is 6.38. The minimum atomic E-state index is 0. The van der Waals surface area contributed by atoms with E-state index in [0.717, 1.165) is 41.8 Å². The number of nitriles is 1. The van der Waals surface area contributed by atoms with Crippen LogP contribution in [-0.2, 0) is 12.8 Å². The van der Waals surface area contributed by atoms with Gasteiger partial charge in [-0.1, -0.05) is 50.8 Å². The molecule has 166 valence electrons. The zero-order valence-corrected chi connectivity index (χ0v) is 19.7. The molecule has 1 atom stereocenters. The topological polar surface area (TPSA) is 49.8 Å². The van der Waals surface area contributed by atoms with E-state index in [4.69, 9.17) is 5.73 Å². The van der Waals surface area contributed by atoms with Gasteiger partial charge in [0.2, 0.25) is 0 Å². The van der Waals surface area contributed by atoms with E-state index >= 15 is 0 Å². The van der Waals surface area contributed by atoms with E-state index < -0.39 is 0 Å². The van der Waals surface area contributed by atoms with Crippen LogP contribution in [0.4, 0.5) is 5.69 Å². The fraction of sp³-hybridized carbons (Fsp3) is 0.393. The van der Waals surface area contributed by atoms with Crippen molar-refractivity contribution in [2.24, 2.45) is 0 Å². The lowest BCUT2D eigenvalue weighted by Crippen LogP contribution is -1.98. The van der Waals surface area contributed by atoms with Crippen molar-refractivity contribution in [1.82, 2.24) is 0 Å². The number of nitrogen functional groups attached to an aromatic ring is 1. The third-order valence-electron chi connectivity index (χ3n) is 5.65. The Hall–Kier alpha value is -2.44. The highest BCUT2D eigenvalue weighted by Gasteiger charge is 2.18. The van der Waals surface area contributed by atoms with Gasteiger partial charge in [0, 0.05) is 10.6 Å². The normalized spacial score (nSPS) is 14.6. The molecule has 1 aliphatic rings. The van der Waals surface area contributed by atoms with Gasteiger partial charge >= 0.3 is 0 Å². The van der Waals surface area contributed by atoms with Crippen LogP contribution in [0.25, 0.3) is 4.91 Å². The predicted octanol–water partition coefficient (Wildman–Crippen LogP) is 7.99. The summed E-state index contributed by atoms with van der Waals surface area (Å²) in [4.78, 5) is 1.08. The second-order valence-corrected chi connectivity index (χ2v) is 9.14. The Balaban J connectivity index is 0.000000311. The minimum absolute atomic E-state index is 0. The van der Waals surface area contributed by atoms with E-state index in [0.29, 0.717) is 0 Å². The van der Waals surface area contributed by atoms with Gasteiger partial charge in [-0.15, -0.1) is 11.8 Å². The van der Waals surface area contributed by atoms with Crippen molar-refractivity contribution in [3.05, 3.63) is 82.4 Å². The maximum atomic E-state index is 9.27. The van der Waals surface area contributed by atoms with Crippen molar-refractivity contribution in [3.63, 3.8) is 0 Å². The first-order valence-corrected chi connectivity index (χ1v) is 11.7. The fourth-order valence-electron chi connectivity index (χ4n) is 3.81. The highest BCUT2D eigenvalue weighted by Crippen LogP contribution is 2.33. The molecule has 0 bridgehead atoms. The quantitative estimate of drug-likeness (QED) is 0.301. The summed E-state index contributed by atoms with van der Waals surface area (Å²) in [6, 6.07) is 13.1. The van der Waals surface area contributed by atoms with Crippen molar-refractivity contribution < 1.29 is 0 Å². The molecule has 2 aromatic carbocycles. The number of thioether (sulfide) groups is 1. The number of allylic oxidation sites excluding steroid dienone is 1. The zero-order chi connectivity index (χ0) is 22.3. The second kappa shape index (κ2) is 12.4. The molecule has 1 aliphatic carbocycles. The Morgan fingerprint density at radius 2 is 1.87 bits per heavy atom. The molecule has 2 aromatic rings. The predicted molar refractivity (Wildman–Crippen MR) is 140 cm³/mol. The number of aryl methyl sites for hydroxylation is 3. The van der Waals surface area contributed by atoms with Crippen molar-refractivity contribution in [3.8, 4) is 6.07 Å². The smallest absolute Gasteiger partial charge is 0.0715 e. The molecule has 0 saturated heterocycles. The van der Waals surface area contributed by atoms with E-state index in [9.17, 15) is 5.26 Å². The maximum absolute atomic E-state index is 9.27. The van der Waals surface area contributed by atoms with Crippen LogP contribution in [-0.4, -0.2) is 6.26 Å². The Kier molecular flexibility index (Phi) is 10.7. The van der Waals surface area contributed by atoms with Crippen molar-refractivity contribution in [1.29, 1.82) is 5.26 Å². The van der Waals surface area contributed by atoms with Crippen molar-refractivity contribution in [2.45, 2.75) is 66.2 Å². The number of nitrogens with zero attached hydrogens (tertiary/aromatic N) is 1. The van der Waals surface area contributed by atoms with E-state index in [-0.39, 0.29) is 13.3 Å². The lowest BCUT2D eigenvalue weighted by molar-refractivity contribution is 0.676. The molecule has 0 aliphatic heterocycles. The lowest BCUT2D eigenvalue weighted by Gasteiger charge is -2.13.